The number of nitrogens with zero attached hydrogens (tertiary/aromatic N) is 2. The summed E-state index contributed by atoms with van der Waals surface area (Å²) >= 11 is 0. The van der Waals surface area contributed by atoms with Crippen molar-refractivity contribution < 1.29 is 24.4 Å². The number of hydrogen-bond donors (Lipinski definition) is 1. The van der Waals surface area contributed by atoms with Crippen molar-refractivity contribution >= 4 is 29.2 Å². The summed E-state index contributed by atoms with van der Waals surface area (Å²) < 4.78 is 0. The van der Waals surface area contributed by atoms with Crippen LogP contribution in [0, 0.1) is 22.0 Å². The van der Waals surface area contributed by atoms with Crippen molar-refractivity contribution in [2.45, 2.75) is 12.8 Å². The van der Waals surface area contributed by atoms with E-state index in [0.29, 0.717) is 12.8 Å². The smallest absolute Gasteiger partial charge is 0.337 e. The number of hydrogen-bond acceptors (Lipinski definition) is 5. The minimum atomic E-state index is -1.36. The van der Waals surface area contributed by atoms with Crippen molar-refractivity contribution in [1.29, 1.82) is 0 Å². The zero-order chi connectivity index (χ0) is 16.7. The van der Waals surface area contributed by atoms with Crippen LogP contribution in [0.3, 0.4) is 0 Å². The summed E-state index contributed by atoms with van der Waals surface area (Å²) in [5, 5.41) is 20.2. The van der Waals surface area contributed by atoms with Gasteiger partial charge in [-0.2, -0.15) is 0 Å². The van der Waals surface area contributed by atoms with E-state index in [1.165, 1.54) is 0 Å². The molecule has 2 atom stereocenters. The van der Waals surface area contributed by atoms with Crippen LogP contribution in [0.15, 0.2) is 30.4 Å². The molecule has 2 aliphatic rings. The molecule has 1 saturated heterocycles. The Morgan fingerprint density at radius 3 is 2.22 bits per heavy atom. The number of non-ortho nitro benzene ring substituents is 1. The van der Waals surface area contributed by atoms with Crippen molar-refractivity contribution in [2.75, 3.05) is 4.90 Å². The zero-order valence-corrected chi connectivity index (χ0v) is 11.8. The third-order valence-corrected chi connectivity index (χ3v) is 4.17. The molecule has 2 amide bonds. The van der Waals surface area contributed by atoms with Crippen LogP contribution in [-0.4, -0.2) is 27.8 Å². The lowest BCUT2D eigenvalue weighted by molar-refractivity contribution is -0.384. The quantitative estimate of drug-likeness (QED) is 0.393. The van der Waals surface area contributed by atoms with Gasteiger partial charge >= 0.3 is 5.97 Å². The third kappa shape index (κ3) is 2.28. The zero-order valence-electron chi connectivity index (χ0n) is 11.8. The van der Waals surface area contributed by atoms with E-state index in [9.17, 15) is 29.6 Å². The highest BCUT2D eigenvalue weighted by atomic mass is 16.6. The molecule has 0 spiro atoms. The van der Waals surface area contributed by atoms with Crippen molar-refractivity contribution in [3.8, 4) is 0 Å². The summed E-state index contributed by atoms with van der Waals surface area (Å²) in [4.78, 5) is 47.4. The molecule has 0 aromatic heterocycles. The number of nitro benzene ring substituents is 1. The number of anilines is 1. The van der Waals surface area contributed by atoms with Crippen LogP contribution < -0.4 is 4.90 Å². The summed E-state index contributed by atoms with van der Waals surface area (Å²) in [7, 11) is 0. The lowest BCUT2D eigenvalue weighted by atomic mass is 9.85. The number of benzene rings is 1. The van der Waals surface area contributed by atoms with Crippen LogP contribution in [0.25, 0.3) is 0 Å². The van der Waals surface area contributed by atoms with Gasteiger partial charge in [0.25, 0.3) is 5.69 Å². The van der Waals surface area contributed by atoms with Crippen molar-refractivity contribution in [3.63, 3.8) is 0 Å². The fraction of sp³-hybridized carbons (Fsp3) is 0.267. The van der Waals surface area contributed by atoms with E-state index in [1.807, 2.05) is 0 Å². The maximum atomic E-state index is 12.5. The van der Waals surface area contributed by atoms with E-state index in [0.717, 1.165) is 23.1 Å². The number of carboxylic acids is 1. The number of carbonyl (C=O) groups excluding carboxylic acids is 2. The van der Waals surface area contributed by atoms with Crippen LogP contribution in [0.1, 0.15) is 23.2 Å². The Kier molecular flexibility index (Phi) is 3.44. The molecule has 1 aromatic rings. The SMILES string of the molecule is O=C(O)c1ccc([N+](=O)[O-])cc1N1C(=O)[C@@H]2CC=CC[C@H]2C1=O. The fourth-order valence-corrected chi connectivity index (χ4v) is 3.04. The first-order valence-electron chi connectivity index (χ1n) is 6.96. The van der Waals surface area contributed by atoms with Gasteiger partial charge in [0.05, 0.1) is 28.0 Å². The van der Waals surface area contributed by atoms with Crippen molar-refractivity contribution in [2.24, 2.45) is 11.8 Å². The number of nitro groups is 1. The molecule has 1 fully saturated rings. The molecule has 8 nitrogen and oxygen atoms in total. The van der Waals surface area contributed by atoms with Gasteiger partial charge in [-0.25, -0.2) is 9.69 Å². The second-order valence-corrected chi connectivity index (χ2v) is 5.43. The van der Waals surface area contributed by atoms with Gasteiger partial charge in [-0.3, -0.25) is 19.7 Å². The first-order valence-corrected chi connectivity index (χ1v) is 6.96. The number of imide groups is 1. The Hall–Kier alpha value is -3.03. The monoisotopic (exact) mass is 316 g/mol. The summed E-state index contributed by atoms with van der Waals surface area (Å²) in [6, 6.07) is 3.03. The molecule has 1 heterocycles. The van der Waals surface area contributed by atoms with E-state index >= 15 is 0 Å². The highest BCUT2D eigenvalue weighted by molar-refractivity contribution is 6.24. The van der Waals surface area contributed by atoms with Crippen molar-refractivity contribution in [3.05, 3.63) is 46.0 Å². The maximum Gasteiger partial charge on any atom is 0.337 e. The van der Waals surface area contributed by atoms with E-state index in [2.05, 4.69) is 0 Å². The molecule has 1 N–H and O–H groups in total. The third-order valence-electron chi connectivity index (χ3n) is 4.17. The second kappa shape index (κ2) is 5.31. The number of carboxylic acid groups (broad SMARTS) is 1. The average Bonchev–Trinajstić information content (AvgIpc) is 2.78. The molecule has 0 bridgehead atoms. The van der Waals surface area contributed by atoms with E-state index in [1.54, 1.807) is 12.2 Å². The Morgan fingerprint density at radius 2 is 1.74 bits per heavy atom. The number of amides is 2. The molecule has 3 rings (SSSR count). The number of rotatable bonds is 3. The summed E-state index contributed by atoms with van der Waals surface area (Å²) in [5.74, 6) is -3.44. The molecule has 8 heteroatoms. The molecule has 118 valence electrons. The first-order chi connectivity index (χ1) is 10.9. The van der Waals surface area contributed by atoms with Gasteiger partial charge in [-0.1, -0.05) is 12.2 Å². The molecular formula is C15H12N2O6. The lowest BCUT2D eigenvalue weighted by Crippen LogP contribution is -2.32. The number of aromatic carboxylic acids is 1. The Morgan fingerprint density at radius 1 is 1.17 bits per heavy atom. The number of fused-ring (bicyclic) bond motifs is 1. The molecule has 0 radical (unpaired) electrons. The van der Waals surface area contributed by atoms with Gasteiger partial charge in [0.2, 0.25) is 11.8 Å². The molecule has 1 aromatic carbocycles. The fourth-order valence-electron chi connectivity index (χ4n) is 3.04. The van der Waals surface area contributed by atoms with E-state index < -0.39 is 34.5 Å². The summed E-state index contributed by atoms with van der Waals surface area (Å²) in [6.07, 6.45) is 4.43. The van der Waals surface area contributed by atoms with Gasteiger partial charge < -0.3 is 5.11 Å². The molecular weight excluding hydrogens is 304 g/mol. The predicted molar refractivity (Wildman–Crippen MR) is 77.9 cm³/mol. The Bertz CT molecular complexity index is 743. The largest absolute Gasteiger partial charge is 0.478 e. The average molecular weight is 316 g/mol. The van der Waals surface area contributed by atoms with Gasteiger partial charge in [-0.05, 0) is 18.9 Å². The van der Waals surface area contributed by atoms with Gasteiger partial charge in [0.15, 0.2) is 0 Å². The van der Waals surface area contributed by atoms with E-state index in [4.69, 9.17) is 0 Å². The van der Waals surface area contributed by atoms with Gasteiger partial charge in [-0.15, -0.1) is 0 Å². The minimum Gasteiger partial charge on any atom is -0.478 e. The molecule has 1 aliphatic carbocycles. The Labute approximate surface area is 130 Å². The summed E-state index contributed by atoms with van der Waals surface area (Å²) in [5.41, 5.74) is -0.932. The van der Waals surface area contributed by atoms with Crippen LogP contribution in [-0.2, 0) is 9.59 Å². The van der Waals surface area contributed by atoms with E-state index in [-0.39, 0.29) is 16.9 Å². The molecule has 1 aliphatic heterocycles. The highest BCUT2D eigenvalue weighted by Crippen LogP contribution is 2.39. The van der Waals surface area contributed by atoms with Gasteiger partial charge in [0.1, 0.15) is 0 Å². The Balaban J connectivity index is 2.12. The maximum absolute atomic E-state index is 12.5. The molecule has 23 heavy (non-hydrogen) atoms. The van der Waals surface area contributed by atoms with Crippen molar-refractivity contribution in [1.82, 2.24) is 0 Å². The molecule has 0 saturated carbocycles. The number of carbonyl (C=O) groups is 3. The highest BCUT2D eigenvalue weighted by Gasteiger charge is 2.48. The van der Waals surface area contributed by atoms with Crippen LogP contribution >= 0.6 is 0 Å². The normalized spacial score (nSPS) is 23.0. The second-order valence-electron chi connectivity index (χ2n) is 5.43. The van der Waals surface area contributed by atoms with Crippen LogP contribution in [0.2, 0.25) is 0 Å². The van der Waals surface area contributed by atoms with Crippen LogP contribution in [0.5, 0.6) is 0 Å². The predicted octanol–water partition coefficient (Wildman–Crippen LogP) is 1.75. The molecule has 0 unspecified atom stereocenters. The standard InChI is InChI=1S/C15H12N2O6/c18-13-9-3-1-2-4-10(9)14(19)16(13)12-7-8(17(22)23)5-6-11(12)15(20)21/h1-2,5-7,9-10H,3-4H2,(H,20,21)/t9-,10-/m1/s1. The first kappa shape index (κ1) is 14.9. The number of allylic oxidation sites excluding steroid dienone is 2. The van der Waals surface area contributed by atoms with Crippen LogP contribution in [0.4, 0.5) is 11.4 Å². The summed E-state index contributed by atoms with van der Waals surface area (Å²) in [6.45, 7) is 0. The van der Waals surface area contributed by atoms with Gasteiger partial charge in [0, 0.05) is 12.1 Å². The lowest BCUT2D eigenvalue weighted by Gasteiger charge is -2.17. The minimum absolute atomic E-state index is 0.240. The topological polar surface area (TPSA) is 118 Å².